The van der Waals surface area contributed by atoms with Crippen LogP contribution >= 0.6 is 0 Å². The van der Waals surface area contributed by atoms with Crippen LogP contribution in [0.1, 0.15) is 49.6 Å². The number of likely N-dealkylation sites (tertiary alicyclic amines) is 1. The van der Waals surface area contributed by atoms with Crippen LogP contribution in [0.2, 0.25) is 0 Å². The first kappa shape index (κ1) is 21.1. The fraction of sp³-hybridized carbons (Fsp3) is 0.360. The minimum absolute atomic E-state index is 0.0836. The van der Waals surface area contributed by atoms with E-state index in [-0.39, 0.29) is 17.8 Å². The Labute approximate surface area is 181 Å². The van der Waals surface area contributed by atoms with Gasteiger partial charge in [0.15, 0.2) is 11.7 Å². The molecule has 1 unspecified atom stereocenters. The molecule has 162 valence electrons. The summed E-state index contributed by atoms with van der Waals surface area (Å²) in [4.78, 5) is 19.4. The first-order chi connectivity index (χ1) is 15.1. The number of hydrogen-bond acceptors (Lipinski definition) is 4. The number of nitrogens with zero attached hydrogens (tertiary/aromatic N) is 2. The number of carbonyl (C=O) groups is 1. The van der Waals surface area contributed by atoms with Gasteiger partial charge in [-0.1, -0.05) is 25.0 Å². The molecule has 1 amide bonds. The molecule has 1 fully saturated rings. The number of halogens is 1. The molecule has 1 atom stereocenters. The van der Waals surface area contributed by atoms with Crippen molar-refractivity contribution in [2.24, 2.45) is 0 Å². The summed E-state index contributed by atoms with van der Waals surface area (Å²) in [6, 6.07) is 14.2. The van der Waals surface area contributed by atoms with Crippen LogP contribution in [-0.2, 0) is 11.2 Å². The quantitative estimate of drug-likeness (QED) is 0.521. The average Bonchev–Trinajstić information content (AvgIpc) is 3.14. The molecule has 1 aliphatic heterocycles. The Bertz CT molecular complexity index is 998. The van der Waals surface area contributed by atoms with Gasteiger partial charge in [-0.05, 0) is 54.8 Å². The number of aromatic nitrogens is 1. The highest BCUT2D eigenvalue weighted by Gasteiger charge is 2.27. The van der Waals surface area contributed by atoms with Gasteiger partial charge in [0.25, 0.3) is 0 Å². The topological polar surface area (TPSA) is 55.6 Å². The summed E-state index contributed by atoms with van der Waals surface area (Å²) in [6.07, 6.45) is 6.64. The molecule has 5 nitrogen and oxygen atoms in total. The number of rotatable bonds is 6. The third-order valence-electron chi connectivity index (χ3n) is 5.81. The summed E-state index contributed by atoms with van der Waals surface area (Å²) < 4.78 is 24.2. The first-order valence-corrected chi connectivity index (χ1v) is 10.8. The Morgan fingerprint density at radius 2 is 1.90 bits per heavy atom. The first-order valence-electron chi connectivity index (χ1n) is 10.8. The molecule has 4 rings (SSSR count). The van der Waals surface area contributed by atoms with Crippen LogP contribution < -0.4 is 4.74 Å². The zero-order chi connectivity index (χ0) is 21.6. The molecular weight excluding hydrogens is 395 g/mol. The van der Waals surface area contributed by atoms with E-state index in [1.165, 1.54) is 12.1 Å². The second-order valence-electron chi connectivity index (χ2n) is 7.85. The third kappa shape index (κ3) is 5.13. The van der Waals surface area contributed by atoms with E-state index >= 15 is 0 Å². The van der Waals surface area contributed by atoms with Crippen LogP contribution in [0, 0.1) is 5.82 Å². The molecule has 2 aromatic carbocycles. The van der Waals surface area contributed by atoms with Crippen molar-refractivity contribution in [3.63, 3.8) is 0 Å². The molecule has 0 spiro atoms. The normalized spacial score (nSPS) is 16.7. The molecule has 3 aromatic rings. The van der Waals surface area contributed by atoms with Crippen LogP contribution in [0.15, 0.2) is 59.1 Å². The maximum atomic E-state index is 13.1. The zero-order valence-electron chi connectivity index (χ0n) is 17.7. The summed E-state index contributed by atoms with van der Waals surface area (Å²) in [7, 11) is 1.65. The molecule has 1 saturated heterocycles. The predicted octanol–water partition coefficient (Wildman–Crippen LogP) is 5.57. The molecule has 6 heteroatoms. The van der Waals surface area contributed by atoms with Crippen LogP contribution in [0.3, 0.4) is 0 Å². The largest absolute Gasteiger partial charge is 0.497 e. The van der Waals surface area contributed by atoms with Crippen molar-refractivity contribution in [2.75, 3.05) is 13.7 Å². The van der Waals surface area contributed by atoms with Crippen LogP contribution in [0.25, 0.3) is 11.3 Å². The molecule has 1 aromatic heterocycles. The van der Waals surface area contributed by atoms with E-state index in [0.29, 0.717) is 24.5 Å². The van der Waals surface area contributed by atoms with Gasteiger partial charge in [-0.15, -0.1) is 0 Å². The number of aryl methyl sites for hydroxylation is 1. The van der Waals surface area contributed by atoms with Crippen molar-refractivity contribution < 1.29 is 18.3 Å². The molecule has 31 heavy (non-hydrogen) atoms. The minimum atomic E-state index is -0.294. The highest BCUT2D eigenvalue weighted by molar-refractivity contribution is 5.77. The Hall–Kier alpha value is -3.15. The van der Waals surface area contributed by atoms with Crippen molar-refractivity contribution in [2.45, 2.75) is 44.6 Å². The number of benzene rings is 2. The average molecular weight is 423 g/mol. The van der Waals surface area contributed by atoms with Gasteiger partial charge in [-0.25, -0.2) is 9.37 Å². The maximum absolute atomic E-state index is 13.1. The van der Waals surface area contributed by atoms with E-state index in [2.05, 4.69) is 17.1 Å². The second kappa shape index (κ2) is 9.77. The number of methoxy groups -OCH3 is 1. The standard InChI is InChI=1S/C25H27FN2O3/c1-30-21-12-8-18(9-13-21)22-5-3-2-4-16-28(22)25(29)15-14-24-27-17-23(31-24)19-6-10-20(26)11-7-19/h6-13,17,22H,2-5,14-16H2,1H3. The molecule has 0 N–H and O–H groups in total. The fourth-order valence-corrected chi connectivity index (χ4v) is 4.11. The summed E-state index contributed by atoms with van der Waals surface area (Å²) in [5.74, 6) is 1.73. The van der Waals surface area contributed by atoms with E-state index in [0.717, 1.165) is 49.1 Å². The van der Waals surface area contributed by atoms with Gasteiger partial charge in [0.05, 0.1) is 19.3 Å². The second-order valence-corrected chi connectivity index (χ2v) is 7.85. The Balaban J connectivity index is 1.42. The molecule has 0 saturated carbocycles. The van der Waals surface area contributed by atoms with Gasteiger partial charge in [-0.2, -0.15) is 0 Å². The summed E-state index contributed by atoms with van der Waals surface area (Å²) in [5.41, 5.74) is 1.91. The van der Waals surface area contributed by atoms with E-state index in [1.54, 1.807) is 25.4 Å². The van der Waals surface area contributed by atoms with Gasteiger partial charge in [0, 0.05) is 24.9 Å². The zero-order valence-corrected chi connectivity index (χ0v) is 17.7. The van der Waals surface area contributed by atoms with Crippen molar-refractivity contribution in [3.8, 4) is 17.1 Å². The number of oxazole rings is 1. The SMILES string of the molecule is COc1ccc(C2CCCCCN2C(=O)CCc2ncc(-c3ccc(F)cc3)o2)cc1. The predicted molar refractivity (Wildman–Crippen MR) is 116 cm³/mol. The summed E-state index contributed by atoms with van der Waals surface area (Å²) in [5, 5.41) is 0. The third-order valence-corrected chi connectivity index (χ3v) is 5.81. The highest BCUT2D eigenvalue weighted by atomic mass is 19.1. The lowest BCUT2D eigenvalue weighted by Crippen LogP contribution is -2.35. The Morgan fingerprint density at radius 1 is 1.13 bits per heavy atom. The summed E-state index contributed by atoms with van der Waals surface area (Å²) >= 11 is 0. The molecule has 2 heterocycles. The number of hydrogen-bond donors (Lipinski definition) is 0. The fourth-order valence-electron chi connectivity index (χ4n) is 4.11. The lowest BCUT2D eigenvalue weighted by molar-refractivity contribution is -0.133. The van der Waals surface area contributed by atoms with Gasteiger partial charge in [0.1, 0.15) is 11.6 Å². The number of ether oxygens (including phenoxy) is 1. The van der Waals surface area contributed by atoms with Crippen LogP contribution in [-0.4, -0.2) is 29.4 Å². The molecule has 0 aliphatic carbocycles. The van der Waals surface area contributed by atoms with Gasteiger partial charge >= 0.3 is 0 Å². The van der Waals surface area contributed by atoms with E-state index in [1.807, 2.05) is 17.0 Å². The summed E-state index contributed by atoms with van der Waals surface area (Å²) in [6.45, 7) is 0.766. The molecule has 0 bridgehead atoms. The maximum Gasteiger partial charge on any atom is 0.223 e. The Morgan fingerprint density at radius 3 is 2.65 bits per heavy atom. The van der Waals surface area contributed by atoms with Gasteiger partial charge in [0.2, 0.25) is 5.91 Å². The van der Waals surface area contributed by atoms with Crippen molar-refractivity contribution in [3.05, 3.63) is 72.0 Å². The van der Waals surface area contributed by atoms with E-state index in [9.17, 15) is 9.18 Å². The lowest BCUT2D eigenvalue weighted by atomic mass is 10.00. The highest BCUT2D eigenvalue weighted by Crippen LogP contribution is 2.32. The molecular formula is C25H27FN2O3. The number of carbonyl (C=O) groups excluding carboxylic acids is 1. The van der Waals surface area contributed by atoms with Crippen molar-refractivity contribution in [1.82, 2.24) is 9.88 Å². The van der Waals surface area contributed by atoms with Gasteiger partial charge in [-0.3, -0.25) is 4.79 Å². The van der Waals surface area contributed by atoms with E-state index in [4.69, 9.17) is 9.15 Å². The van der Waals surface area contributed by atoms with Crippen LogP contribution in [0.5, 0.6) is 5.75 Å². The Kier molecular flexibility index (Phi) is 6.65. The van der Waals surface area contributed by atoms with E-state index < -0.39 is 0 Å². The molecule has 1 aliphatic rings. The van der Waals surface area contributed by atoms with Crippen molar-refractivity contribution >= 4 is 5.91 Å². The lowest BCUT2D eigenvalue weighted by Gasteiger charge is -2.30. The minimum Gasteiger partial charge on any atom is -0.497 e. The smallest absolute Gasteiger partial charge is 0.223 e. The monoisotopic (exact) mass is 422 g/mol. The van der Waals surface area contributed by atoms with Crippen molar-refractivity contribution in [1.29, 1.82) is 0 Å². The molecule has 0 radical (unpaired) electrons. The van der Waals surface area contributed by atoms with Gasteiger partial charge < -0.3 is 14.1 Å². The number of amides is 1. The van der Waals surface area contributed by atoms with Crippen LogP contribution in [0.4, 0.5) is 4.39 Å².